The molecule has 1 saturated heterocycles. The minimum atomic E-state index is -0.294. The Morgan fingerprint density at radius 1 is 0.871 bits per heavy atom. The van der Waals surface area contributed by atoms with Gasteiger partial charge in [0.2, 0.25) is 5.91 Å². The average molecular weight is 416 g/mol. The normalized spacial score (nSPS) is 13.8. The second-order valence-electron chi connectivity index (χ2n) is 7.55. The van der Waals surface area contributed by atoms with E-state index >= 15 is 0 Å². The summed E-state index contributed by atoms with van der Waals surface area (Å²) in [6, 6.07) is 20.2. The highest BCUT2D eigenvalue weighted by molar-refractivity contribution is 5.94. The lowest BCUT2D eigenvalue weighted by atomic mass is 10.1. The molecule has 4 rings (SSSR count). The lowest BCUT2D eigenvalue weighted by molar-refractivity contribution is -0.132. The van der Waals surface area contributed by atoms with Crippen molar-refractivity contribution in [1.82, 2.24) is 14.7 Å². The van der Waals surface area contributed by atoms with Gasteiger partial charge in [0, 0.05) is 49.1 Å². The van der Waals surface area contributed by atoms with E-state index in [4.69, 9.17) is 0 Å². The summed E-state index contributed by atoms with van der Waals surface area (Å²) < 4.78 is 1.23. The van der Waals surface area contributed by atoms with Crippen molar-refractivity contribution in [1.29, 1.82) is 0 Å². The molecule has 0 saturated carbocycles. The number of ketones is 1. The van der Waals surface area contributed by atoms with Gasteiger partial charge in [-0.3, -0.25) is 14.4 Å². The van der Waals surface area contributed by atoms with E-state index in [1.165, 1.54) is 10.7 Å². The van der Waals surface area contributed by atoms with Crippen LogP contribution in [0, 0.1) is 0 Å². The number of carbonyl (C=O) groups is 2. The van der Waals surface area contributed by atoms with Crippen molar-refractivity contribution >= 4 is 17.4 Å². The van der Waals surface area contributed by atoms with Gasteiger partial charge in [-0.15, -0.1) is 0 Å². The maximum atomic E-state index is 12.8. The van der Waals surface area contributed by atoms with Gasteiger partial charge in [-0.1, -0.05) is 30.3 Å². The second kappa shape index (κ2) is 8.95. The van der Waals surface area contributed by atoms with Gasteiger partial charge in [0.05, 0.1) is 5.69 Å². The highest BCUT2D eigenvalue weighted by Gasteiger charge is 2.22. The molecule has 0 unspecified atom stereocenters. The Morgan fingerprint density at radius 3 is 2.19 bits per heavy atom. The lowest BCUT2D eigenvalue weighted by Gasteiger charge is -2.36. The zero-order chi connectivity index (χ0) is 21.8. The van der Waals surface area contributed by atoms with Crippen LogP contribution in [0.3, 0.4) is 0 Å². The van der Waals surface area contributed by atoms with E-state index in [1.807, 2.05) is 54.6 Å². The molecule has 1 fully saturated rings. The van der Waals surface area contributed by atoms with Gasteiger partial charge in [-0.25, -0.2) is 4.68 Å². The van der Waals surface area contributed by atoms with Crippen molar-refractivity contribution in [3.63, 3.8) is 0 Å². The molecule has 1 aliphatic heterocycles. The summed E-state index contributed by atoms with van der Waals surface area (Å²) in [5, 5.41) is 4.38. The van der Waals surface area contributed by atoms with Crippen LogP contribution < -0.4 is 10.5 Å². The van der Waals surface area contributed by atoms with Crippen LogP contribution in [0.2, 0.25) is 0 Å². The van der Waals surface area contributed by atoms with E-state index in [2.05, 4.69) is 10.00 Å². The minimum absolute atomic E-state index is 0.0437. The number of amides is 1. The highest BCUT2D eigenvalue weighted by atomic mass is 16.2. The maximum Gasteiger partial charge on any atom is 0.267 e. The van der Waals surface area contributed by atoms with E-state index in [9.17, 15) is 14.4 Å². The number of aromatic nitrogens is 2. The van der Waals surface area contributed by atoms with Crippen LogP contribution in [0.4, 0.5) is 5.69 Å². The molecule has 2 heterocycles. The summed E-state index contributed by atoms with van der Waals surface area (Å²) in [6.07, 6.45) is 0. The third-order valence-electron chi connectivity index (χ3n) is 5.49. The molecule has 1 aromatic heterocycles. The first-order chi connectivity index (χ1) is 15.0. The lowest BCUT2D eigenvalue weighted by Crippen LogP contribution is -2.50. The molecule has 1 amide bonds. The number of piperazine rings is 1. The Kier molecular flexibility index (Phi) is 5.93. The molecule has 0 atom stereocenters. The van der Waals surface area contributed by atoms with E-state index < -0.39 is 0 Å². The van der Waals surface area contributed by atoms with E-state index in [0.717, 1.165) is 11.3 Å². The van der Waals surface area contributed by atoms with Crippen LogP contribution in [-0.2, 0) is 11.3 Å². The molecule has 0 aliphatic carbocycles. The Hall–Kier alpha value is -3.74. The number of hydrogen-bond acceptors (Lipinski definition) is 5. The molecule has 1 aliphatic rings. The Morgan fingerprint density at radius 2 is 1.55 bits per heavy atom. The van der Waals surface area contributed by atoms with Gasteiger partial charge in [0.25, 0.3) is 5.56 Å². The number of benzene rings is 2. The van der Waals surface area contributed by atoms with Crippen molar-refractivity contribution in [2.24, 2.45) is 0 Å². The summed E-state index contributed by atoms with van der Waals surface area (Å²) >= 11 is 0. The van der Waals surface area contributed by atoms with Crippen LogP contribution in [-0.4, -0.2) is 52.5 Å². The zero-order valence-corrected chi connectivity index (χ0v) is 17.4. The van der Waals surface area contributed by atoms with Crippen LogP contribution >= 0.6 is 0 Å². The van der Waals surface area contributed by atoms with Crippen molar-refractivity contribution in [3.05, 3.63) is 82.6 Å². The van der Waals surface area contributed by atoms with E-state index in [0.29, 0.717) is 37.4 Å². The largest absolute Gasteiger partial charge is 0.368 e. The number of rotatable bonds is 5. The first-order valence-electron chi connectivity index (χ1n) is 10.3. The molecule has 31 heavy (non-hydrogen) atoms. The highest BCUT2D eigenvalue weighted by Crippen LogP contribution is 2.18. The number of hydrogen-bond donors (Lipinski definition) is 0. The van der Waals surface area contributed by atoms with Crippen molar-refractivity contribution in [3.8, 4) is 11.3 Å². The monoisotopic (exact) mass is 416 g/mol. The van der Waals surface area contributed by atoms with Gasteiger partial charge in [0.1, 0.15) is 6.54 Å². The molecule has 0 N–H and O–H groups in total. The topological polar surface area (TPSA) is 75.5 Å². The van der Waals surface area contributed by atoms with Gasteiger partial charge < -0.3 is 9.80 Å². The third kappa shape index (κ3) is 4.71. The fourth-order valence-electron chi connectivity index (χ4n) is 3.67. The number of carbonyl (C=O) groups excluding carboxylic acids is 2. The van der Waals surface area contributed by atoms with Gasteiger partial charge in [0.15, 0.2) is 5.78 Å². The van der Waals surface area contributed by atoms with Gasteiger partial charge in [-0.05, 0) is 37.3 Å². The molecule has 7 nitrogen and oxygen atoms in total. The zero-order valence-electron chi connectivity index (χ0n) is 17.4. The molecule has 2 aromatic carbocycles. The molecule has 0 radical (unpaired) electrons. The summed E-state index contributed by atoms with van der Waals surface area (Å²) in [4.78, 5) is 40.4. The summed E-state index contributed by atoms with van der Waals surface area (Å²) in [7, 11) is 0. The molecule has 0 bridgehead atoms. The number of anilines is 1. The molecule has 7 heteroatoms. The van der Waals surface area contributed by atoms with Gasteiger partial charge >= 0.3 is 0 Å². The molecule has 158 valence electrons. The minimum Gasteiger partial charge on any atom is -0.368 e. The summed E-state index contributed by atoms with van der Waals surface area (Å²) in [5.74, 6) is -0.0754. The Labute approximate surface area is 180 Å². The van der Waals surface area contributed by atoms with Crippen LogP contribution in [0.25, 0.3) is 11.3 Å². The average Bonchev–Trinajstić information content (AvgIpc) is 2.81. The molecule has 0 spiro atoms. The standard InChI is InChI=1S/C24H24N4O3/c1-18(29)19-7-9-21(10-8-19)26-13-15-27(16-14-26)24(31)17-28-23(30)12-11-22(25-28)20-5-3-2-4-6-20/h2-12H,13-17H2,1H3. The molecular weight excluding hydrogens is 392 g/mol. The van der Waals surface area contributed by atoms with Crippen molar-refractivity contribution in [2.45, 2.75) is 13.5 Å². The fourth-order valence-corrected chi connectivity index (χ4v) is 3.67. The third-order valence-corrected chi connectivity index (χ3v) is 5.49. The Bertz CT molecular complexity index is 1130. The predicted octanol–water partition coefficient (Wildman–Crippen LogP) is 2.46. The second-order valence-corrected chi connectivity index (χ2v) is 7.55. The quantitative estimate of drug-likeness (QED) is 0.598. The smallest absolute Gasteiger partial charge is 0.267 e. The van der Waals surface area contributed by atoms with Crippen molar-refractivity contribution in [2.75, 3.05) is 31.1 Å². The van der Waals surface area contributed by atoms with E-state index in [-0.39, 0.29) is 23.8 Å². The SMILES string of the molecule is CC(=O)c1ccc(N2CCN(C(=O)Cn3nc(-c4ccccc4)ccc3=O)CC2)cc1. The number of Topliss-reactive ketones (excluding diaryl/α,β-unsaturated/α-hetero) is 1. The first-order valence-corrected chi connectivity index (χ1v) is 10.3. The van der Waals surface area contributed by atoms with Crippen LogP contribution in [0.1, 0.15) is 17.3 Å². The summed E-state index contributed by atoms with van der Waals surface area (Å²) in [5.41, 5.74) is 2.98. The Balaban J connectivity index is 1.39. The van der Waals surface area contributed by atoms with E-state index in [1.54, 1.807) is 17.9 Å². The maximum absolute atomic E-state index is 12.8. The first kappa shape index (κ1) is 20.5. The predicted molar refractivity (Wildman–Crippen MR) is 119 cm³/mol. The van der Waals surface area contributed by atoms with Crippen molar-refractivity contribution < 1.29 is 9.59 Å². The van der Waals surface area contributed by atoms with Crippen LogP contribution in [0.5, 0.6) is 0 Å². The fraction of sp³-hybridized carbons (Fsp3) is 0.250. The summed E-state index contributed by atoms with van der Waals surface area (Å²) in [6.45, 7) is 4.00. The molecule has 3 aromatic rings. The van der Waals surface area contributed by atoms with Crippen LogP contribution in [0.15, 0.2) is 71.5 Å². The number of nitrogens with zero attached hydrogens (tertiary/aromatic N) is 4. The van der Waals surface area contributed by atoms with Gasteiger partial charge in [-0.2, -0.15) is 5.10 Å². The molecular formula is C24H24N4O3.